The van der Waals surface area contributed by atoms with E-state index < -0.39 is 6.10 Å². The average molecular weight is 330 g/mol. The Morgan fingerprint density at radius 2 is 2.12 bits per heavy atom. The average Bonchev–Trinajstić information content (AvgIpc) is 3.08. The van der Waals surface area contributed by atoms with Gasteiger partial charge in [0.05, 0.1) is 19.4 Å². The quantitative estimate of drug-likeness (QED) is 0.783. The molecule has 1 fully saturated rings. The van der Waals surface area contributed by atoms with Crippen molar-refractivity contribution in [1.82, 2.24) is 9.88 Å². The molecule has 1 unspecified atom stereocenters. The number of esters is 1. The fourth-order valence-electron chi connectivity index (χ4n) is 2.90. The van der Waals surface area contributed by atoms with Crippen molar-refractivity contribution in [2.24, 2.45) is 0 Å². The highest BCUT2D eigenvalue weighted by Crippen LogP contribution is 2.20. The van der Waals surface area contributed by atoms with Gasteiger partial charge in [-0.15, -0.1) is 0 Å². The van der Waals surface area contributed by atoms with Gasteiger partial charge < -0.3 is 13.9 Å². The molecular weight excluding hydrogens is 308 g/mol. The van der Waals surface area contributed by atoms with Crippen LogP contribution in [-0.4, -0.2) is 54.8 Å². The molecule has 0 spiro atoms. The van der Waals surface area contributed by atoms with Crippen LogP contribution in [0.5, 0.6) is 0 Å². The molecule has 0 radical (unpaired) electrons. The van der Waals surface area contributed by atoms with Crippen LogP contribution >= 0.6 is 0 Å². The zero-order chi connectivity index (χ0) is 16.9. The first-order chi connectivity index (χ1) is 11.7. The Kier molecular flexibility index (Phi) is 5.27. The fourth-order valence-corrected chi connectivity index (χ4v) is 2.90. The Labute approximate surface area is 141 Å². The third kappa shape index (κ3) is 4.01. The molecule has 1 saturated heterocycles. The van der Waals surface area contributed by atoms with Crippen LogP contribution in [-0.2, 0) is 20.7 Å². The molecule has 1 aromatic carbocycles. The summed E-state index contributed by atoms with van der Waals surface area (Å²) in [4.78, 5) is 18.2. The summed E-state index contributed by atoms with van der Waals surface area (Å²) in [7, 11) is 1.38. The predicted molar refractivity (Wildman–Crippen MR) is 88.4 cm³/mol. The number of rotatable bonds is 5. The number of aromatic nitrogens is 1. The highest BCUT2D eigenvalue weighted by atomic mass is 16.6. The van der Waals surface area contributed by atoms with Crippen molar-refractivity contribution in [3.63, 3.8) is 0 Å². The first-order valence-electron chi connectivity index (χ1n) is 8.11. The molecule has 0 aliphatic carbocycles. The Hall–Kier alpha value is -2.18. The van der Waals surface area contributed by atoms with Crippen molar-refractivity contribution < 1.29 is 18.7 Å². The van der Waals surface area contributed by atoms with Crippen LogP contribution in [0.2, 0.25) is 0 Å². The van der Waals surface area contributed by atoms with E-state index in [-0.39, 0.29) is 12.1 Å². The summed E-state index contributed by atoms with van der Waals surface area (Å²) >= 11 is 0. The van der Waals surface area contributed by atoms with Crippen LogP contribution in [0.25, 0.3) is 11.3 Å². The summed E-state index contributed by atoms with van der Waals surface area (Å²) in [6, 6.07) is 9.90. The van der Waals surface area contributed by atoms with E-state index in [1.165, 1.54) is 7.11 Å². The summed E-state index contributed by atoms with van der Waals surface area (Å²) in [6.07, 6.45) is 1.91. The van der Waals surface area contributed by atoms with Gasteiger partial charge in [0.2, 0.25) is 0 Å². The summed E-state index contributed by atoms with van der Waals surface area (Å²) in [6.45, 7) is 4.03. The van der Waals surface area contributed by atoms with E-state index in [9.17, 15) is 4.79 Å². The summed E-state index contributed by atoms with van der Waals surface area (Å²) in [5.41, 5.74) is 1.02. The lowest BCUT2D eigenvalue weighted by Gasteiger charge is -2.35. The summed E-state index contributed by atoms with van der Waals surface area (Å²) < 4.78 is 16.2. The third-order valence-corrected chi connectivity index (χ3v) is 4.05. The molecule has 0 saturated carbocycles. The van der Waals surface area contributed by atoms with Gasteiger partial charge in [-0.2, -0.15) is 0 Å². The van der Waals surface area contributed by atoms with Crippen LogP contribution in [0.15, 0.2) is 40.9 Å². The maximum Gasteiger partial charge on any atom is 0.336 e. The van der Waals surface area contributed by atoms with E-state index in [2.05, 4.69) is 9.88 Å². The SMILES string of the molecule is COC(=O)C1CN(CCc2ncc(-c3ccccc3)o2)C[C@@H](C)O1. The third-order valence-electron chi connectivity index (χ3n) is 4.05. The number of hydrogen-bond acceptors (Lipinski definition) is 6. The van der Waals surface area contributed by atoms with Gasteiger partial charge >= 0.3 is 5.97 Å². The summed E-state index contributed by atoms with van der Waals surface area (Å²) in [5, 5.41) is 0. The minimum absolute atomic E-state index is 0.00714. The number of hydrogen-bond donors (Lipinski definition) is 0. The second-order valence-electron chi connectivity index (χ2n) is 5.95. The lowest BCUT2D eigenvalue weighted by molar-refractivity contribution is -0.166. The zero-order valence-corrected chi connectivity index (χ0v) is 14.0. The molecule has 2 heterocycles. The van der Waals surface area contributed by atoms with Crippen molar-refractivity contribution in [2.45, 2.75) is 25.6 Å². The fraction of sp³-hybridized carbons (Fsp3) is 0.444. The van der Waals surface area contributed by atoms with Crippen LogP contribution < -0.4 is 0 Å². The molecule has 0 N–H and O–H groups in total. The van der Waals surface area contributed by atoms with Gasteiger partial charge in [0, 0.05) is 31.6 Å². The standard InChI is InChI=1S/C18H22N2O4/c1-13-11-20(12-16(23-13)18(21)22-2)9-8-17-19-10-15(24-17)14-6-4-3-5-7-14/h3-7,10,13,16H,8-9,11-12H2,1-2H3/t13-,16?/m1/s1. The van der Waals surface area contributed by atoms with E-state index in [4.69, 9.17) is 13.9 Å². The number of ether oxygens (including phenoxy) is 2. The lowest BCUT2D eigenvalue weighted by Crippen LogP contribution is -2.50. The van der Waals surface area contributed by atoms with Crippen LogP contribution in [0, 0.1) is 0 Å². The van der Waals surface area contributed by atoms with Gasteiger partial charge in [-0.05, 0) is 6.92 Å². The smallest absolute Gasteiger partial charge is 0.336 e. The molecule has 2 atom stereocenters. The number of benzene rings is 1. The molecule has 24 heavy (non-hydrogen) atoms. The minimum atomic E-state index is -0.525. The minimum Gasteiger partial charge on any atom is -0.467 e. The molecule has 1 aliphatic heterocycles. The van der Waals surface area contributed by atoms with Crippen molar-refractivity contribution in [1.29, 1.82) is 0 Å². The number of carbonyl (C=O) groups is 1. The topological polar surface area (TPSA) is 64.8 Å². The van der Waals surface area contributed by atoms with Gasteiger partial charge in [0.25, 0.3) is 0 Å². The van der Waals surface area contributed by atoms with Gasteiger partial charge in [-0.3, -0.25) is 4.90 Å². The van der Waals surface area contributed by atoms with Crippen LogP contribution in [0.1, 0.15) is 12.8 Å². The van der Waals surface area contributed by atoms with Crippen molar-refractivity contribution >= 4 is 5.97 Å². The van der Waals surface area contributed by atoms with Crippen molar-refractivity contribution in [3.05, 3.63) is 42.4 Å². The molecule has 1 aromatic heterocycles. The lowest BCUT2D eigenvalue weighted by atomic mass is 10.2. The van der Waals surface area contributed by atoms with Crippen LogP contribution in [0.4, 0.5) is 0 Å². The van der Waals surface area contributed by atoms with E-state index >= 15 is 0 Å². The van der Waals surface area contributed by atoms with E-state index in [0.717, 1.165) is 24.4 Å². The molecular formula is C18H22N2O4. The van der Waals surface area contributed by atoms with E-state index in [1.807, 2.05) is 37.3 Å². The normalized spacial score (nSPS) is 21.6. The Morgan fingerprint density at radius 3 is 2.88 bits per heavy atom. The van der Waals surface area contributed by atoms with Crippen molar-refractivity contribution in [2.75, 3.05) is 26.7 Å². The monoisotopic (exact) mass is 330 g/mol. The number of methoxy groups -OCH3 is 1. The van der Waals surface area contributed by atoms with Gasteiger partial charge in [0.15, 0.2) is 17.8 Å². The van der Waals surface area contributed by atoms with Crippen LogP contribution in [0.3, 0.4) is 0 Å². The summed E-state index contributed by atoms with van der Waals surface area (Å²) in [5.74, 6) is 1.14. The van der Waals surface area contributed by atoms with Crippen molar-refractivity contribution in [3.8, 4) is 11.3 Å². The predicted octanol–water partition coefficient (Wildman–Crippen LogP) is 2.15. The zero-order valence-electron chi connectivity index (χ0n) is 14.0. The molecule has 6 heteroatoms. The highest BCUT2D eigenvalue weighted by molar-refractivity contribution is 5.75. The van der Waals surface area contributed by atoms with Gasteiger partial charge in [-0.25, -0.2) is 9.78 Å². The molecule has 2 aromatic rings. The van der Waals surface area contributed by atoms with Gasteiger partial charge in [-0.1, -0.05) is 30.3 Å². The number of morpholine rings is 1. The number of oxazole rings is 1. The Morgan fingerprint density at radius 1 is 1.33 bits per heavy atom. The largest absolute Gasteiger partial charge is 0.467 e. The number of nitrogens with zero attached hydrogens (tertiary/aromatic N) is 2. The second-order valence-corrected chi connectivity index (χ2v) is 5.95. The molecule has 6 nitrogen and oxygen atoms in total. The second kappa shape index (κ2) is 7.59. The molecule has 3 rings (SSSR count). The molecule has 0 bridgehead atoms. The maximum absolute atomic E-state index is 11.7. The highest BCUT2D eigenvalue weighted by Gasteiger charge is 2.30. The molecule has 1 aliphatic rings. The first kappa shape index (κ1) is 16.7. The maximum atomic E-state index is 11.7. The van der Waals surface area contributed by atoms with E-state index in [0.29, 0.717) is 18.9 Å². The Bertz CT molecular complexity index is 671. The molecule has 0 amide bonds. The Balaban J connectivity index is 1.57. The first-order valence-corrected chi connectivity index (χ1v) is 8.11. The number of carbonyl (C=O) groups excluding carboxylic acids is 1. The molecule has 128 valence electrons. The van der Waals surface area contributed by atoms with E-state index in [1.54, 1.807) is 6.20 Å². The van der Waals surface area contributed by atoms with Gasteiger partial charge in [0.1, 0.15) is 0 Å².